The average Bonchev–Trinajstić information content (AvgIpc) is 2.62. The fourth-order valence-corrected chi connectivity index (χ4v) is 2.45. The molecule has 0 saturated heterocycles. The van der Waals surface area contributed by atoms with Crippen molar-refractivity contribution in [2.75, 3.05) is 26.3 Å². The van der Waals surface area contributed by atoms with Crippen molar-refractivity contribution in [1.29, 1.82) is 0 Å². The number of amides is 1. The molecule has 0 spiro atoms. The number of ether oxygens (including phenoxy) is 3. The van der Waals surface area contributed by atoms with Crippen LogP contribution in [0.2, 0.25) is 0 Å². The molecule has 0 radical (unpaired) electrons. The molecule has 0 aromatic rings. The Bertz CT molecular complexity index is 689. The average molecular weight is 457 g/mol. The Morgan fingerprint density at radius 2 is 1.56 bits per heavy atom. The van der Waals surface area contributed by atoms with E-state index in [1.54, 1.807) is 41.5 Å². The topological polar surface area (TPSA) is 157 Å². The van der Waals surface area contributed by atoms with Gasteiger partial charge >= 0.3 is 11.9 Å². The lowest BCUT2D eigenvalue weighted by atomic mass is 9.96. The summed E-state index contributed by atoms with van der Waals surface area (Å²) in [7, 11) is 0. The normalized spacial score (nSPS) is 12.3. The maximum Gasteiger partial charge on any atom is 0.310 e. The third-order valence-electron chi connectivity index (χ3n) is 3.64. The first-order chi connectivity index (χ1) is 14.7. The lowest BCUT2D eigenvalue weighted by molar-refractivity contribution is -0.162. The van der Waals surface area contributed by atoms with Gasteiger partial charge in [-0.2, -0.15) is 0 Å². The molecule has 0 saturated carbocycles. The standard InChI is InChI=1S/C21H36N4O7/c1-20(2,3)31-18(28)8-7-16(26)13-15(19(29)32-21(4,5)6)14-17(27)23-9-11-30-12-10-24-25-22/h15H,7-14H2,1-6H3,(H,23,27)/t15-/m0/s1. The molecule has 0 bridgehead atoms. The van der Waals surface area contributed by atoms with E-state index in [0.29, 0.717) is 0 Å². The van der Waals surface area contributed by atoms with E-state index >= 15 is 0 Å². The summed E-state index contributed by atoms with van der Waals surface area (Å²) in [5.41, 5.74) is 6.75. The lowest BCUT2D eigenvalue weighted by Crippen LogP contribution is -2.35. The Balaban J connectivity index is 4.72. The smallest absolute Gasteiger partial charge is 0.310 e. The van der Waals surface area contributed by atoms with Crippen molar-refractivity contribution in [2.24, 2.45) is 11.0 Å². The summed E-state index contributed by atoms with van der Waals surface area (Å²) in [6, 6.07) is 0. The summed E-state index contributed by atoms with van der Waals surface area (Å²) in [6.07, 6.45) is -0.634. The van der Waals surface area contributed by atoms with Crippen LogP contribution in [0.3, 0.4) is 0 Å². The Labute approximate surface area is 189 Å². The SMILES string of the molecule is CC(C)(C)OC(=O)CCC(=O)C[C@@H](CC(=O)NCCOCCN=[N+]=[N-])C(=O)OC(C)(C)C. The van der Waals surface area contributed by atoms with E-state index in [2.05, 4.69) is 15.3 Å². The van der Waals surface area contributed by atoms with E-state index < -0.39 is 35.0 Å². The maximum atomic E-state index is 12.5. The highest BCUT2D eigenvalue weighted by atomic mass is 16.6. The van der Waals surface area contributed by atoms with Gasteiger partial charge in [0.05, 0.1) is 25.6 Å². The first-order valence-corrected chi connectivity index (χ1v) is 10.5. The number of carbonyl (C=O) groups excluding carboxylic acids is 4. The van der Waals surface area contributed by atoms with Gasteiger partial charge in [-0.05, 0) is 47.1 Å². The number of carbonyl (C=O) groups is 4. The van der Waals surface area contributed by atoms with Crippen LogP contribution in [0.15, 0.2) is 5.11 Å². The van der Waals surface area contributed by atoms with Gasteiger partial charge in [0.2, 0.25) is 5.91 Å². The zero-order valence-electron chi connectivity index (χ0n) is 19.9. The second kappa shape index (κ2) is 14.4. The maximum absolute atomic E-state index is 12.5. The van der Waals surface area contributed by atoms with Crippen LogP contribution in [0, 0.1) is 5.92 Å². The molecule has 0 aliphatic rings. The monoisotopic (exact) mass is 456 g/mol. The number of azide groups is 1. The van der Waals surface area contributed by atoms with Crippen molar-refractivity contribution < 1.29 is 33.4 Å². The molecule has 0 aromatic carbocycles. The lowest BCUT2D eigenvalue weighted by Gasteiger charge is -2.23. The van der Waals surface area contributed by atoms with Gasteiger partial charge in [0.25, 0.3) is 0 Å². The molecule has 1 atom stereocenters. The summed E-state index contributed by atoms with van der Waals surface area (Å²) in [6.45, 7) is 11.1. The van der Waals surface area contributed by atoms with E-state index in [1.165, 1.54) is 0 Å². The number of nitrogens with one attached hydrogen (secondary N) is 1. The molecular formula is C21H36N4O7. The van der Waals surface area contributed by atoms with Crippen molar-refractivity contribution in [2.45, 2.75) is 78.4 Å². The molecule has 182 valence electrons. The minimum atomic E-state index is -0.966. The van der Waals surface area contributed by atoms with Gasteiger partial charge in [0, 0.05) is 37.3 Å². The molecule has 11 heteroatoms. The van der Waals surface area contributed by atoms with Crippen molar-refractivity contribution in [3.05, 3.63) is 10.4 Å². The van der Waals surface area contributed by atoms with Gasteiger partial charge in [-0.3, -0.25) is 19.2 Å². The predicted octanol–water partition coefficient (Wildman–Crippen LogP) is 2.86. The molecule has 0 aliphatic carbocycles. The Hall–Kier alpha value is -2.65. The van der Waals surface area contributed by atoms with Gasteiger partial charge in [-0.15, -0.1) is 0 Å². The first kappa shape index (κ1) is 29.4. The van der Waals surface area contributed by atoms with Crippen LogP contribution in [0.25, 0.3) is 10.4 Å². The van der Waals surface area contributed by atoms with Crippen LogP contribution in [0.5, 0.6) is 0 Å². The van der Waals surface area contributed by atoms with Gasteiger partial charge in [-0.1, -0.05) is 5.11 Å². The molecule has 0 aromatic heterocycles. The highest BCUT2D eigenvalue weighted by Gasteiger charge is 2.29. The second-order valence-corrected chi connectivity index (χ2v) is 9.18. The number of rotatable bonds is 14. The number of nitrogens with zero attached hydrogens (tertiary/aromatic N) is 3. The third kappa shape index (κ3) is 17.1. The highest BCUT2D eigenvalue weighted by molar-refractivity contribution is 5.89. The zero-order valence-corrected chi connectivity index (χ0v) is 19.9. The number of ketones is 1. The summed E-state index contributed by atoms with van der Waals surface area (Å²) < 4.78 is 15.7. The number of hydrogen-bond donors (Lipinski definition) is 1. The fourth-order valence-electron chi connectivity index (χ4n) is 2.45. The Kier molecular flexibility index (Phi) is 13.2. The minimum Gasteiger partial charge on any atom is -0.460 e. The van der Waals surface area contributed by atoms with E-state index in [1.807, 2.05) is 0 Å². The van der Waals surface area contributed by atoms with Crippen molar-refractivity contribution in [3.63, 3.8) is 0 Å². The van der Waals surface area contributed by atoms with Gasteiger partial charge in [0.1, 0.15) is 17.0 Å². The van der Waals surface area contributed by atoms with Crippen LogP contribution in [0.1, 0.15) is 67.2 Å². The molecule has 0 fully saturated rings. The van der Waals surface area contributed by atoms with E-state index in [0.717, 1.165) is 0 Å². The molecule has 0 aliphatic heterocycles. The first-order valence-electron chi connectivity index (χ1n) is 10.5. The van der Waals surface area contributed by atoms with Crippen LogP contribution in [-0.4, -0.2) is 61.1 Å². The predicted molar refractivity (Wildman–Crippen MR) is 116 cm³/mol. The molecule has 0 heterocycles. The van der Waals surface area contributed by atoms with Crippen LogP contribution in [0.4, 0.5) is 0 Å². The third-order valence-corrected chi connectivity index (χ3v) is 3.64. The zero-order chi connectivity index (χ0) is 24.8. The number of esters is 2. The molecule has 32 heavy (non-hydrogen) atoms. The van der Waals surface area contributed by atoms with Crippen molar-refractivity contribution >= 4 is 23.6 Å². The fraction of sp³-hybridized carbons (Fsp3) is 0.810. The van der Waals surface area contributed by atoms with Gasteiger partial charge in [0.15, 0.2) is 0 Å². The Morgan fingerprint density at radius 3 is 2.12 bits per heavy atom. The van der Waals surface area contributed by atoms with Crippen LogP contribution in [-0.2, 0) is 33.4 Å². The largest absolute Gasteiger partial charge is 0.460 e. The Morgan fingerprint density at radius 1 is 0.938 bits per heavy atom. The van der Waals surface area contributed by atoms with Gasteiger partial charge < -0.3 is 19.5 Å². The number of Topliss-reactive ketones (excluding diaryl/α,β-unsaturated/α-hetero) is 1. The molecule has 1 amide bonds. The van der Waals surface area contributed by atoms with E-state index in [-0.39, 0.29) is 57.8 Å². The van der Waals surface area contributed by atoms with Crippen LogP contribution < -0.4 is 5.32 Å². The highest BCUT2D eigenvalue weighted by Crippen LogP contribution is 2.19. The molecule has 0 rings (SSSR count). The molecule has 1 N–H and O–H groups in total. The summed E-state index contributed by atoms with van der Waals surface area (Å²) in [4.78, 5) is 51.5. The molecular weight excluding hydrogens is 420 g/mol. The van der Waals surface area contributed by atoms with Crippen molar-refractivity contribution in [1.82, 2.24) is 5.32 Å². The van der Waals surface area contributed by atoms with Gasteiger partial charge in [-0.25, -0.2) is 0 Å². The summed E-state index contributed by atoms with van der Waals surface area (Å²) in [5, 5.41) is 5.93. The summed E-state index contributed by atoms with van der Waals surface area (Å²) in [5.74, 6) is -2.88. The van der Waals surface area contributed by atoms with E-state index in [9.17, 15) is 19.2 Å². The number of hydrogen-bond acceptors (Lipinski definition) is 8. The van der Waals surface area contributed by atoms with Crippen LogP contribution >= 0.6 is 0 Å². The second-order valence-electron chi connectivity index (χ2n) is 9.18. The molecule has 11 nitrogen and oxygen atoms in total. The minimum absolute atomic E-state index is 0.0884. The quantitative estimate of drug-likeness (QED) is 0.138. The summed E-state index contributed by atoms with van der Waals surface area (Å²) >= 11 is 0. The molecule has 0 unspecified atom stereocenters. The van der Waals surface area contributed by atoms with Crippen molar-refractivity contribution in [3.8, 4) is 0 Å². The van der Waals surface area contributed by atoms with E-state index in [4.69, 9.17) is 19.7 Å².